The summed E-state index contributed by atoms with van der Waals surface area (Å²) in [6, 6.07) is 5.43. The molecule has 0 spiro atoms. The number of terminal acetylenes is 1. The van der Waals surface area contributed by atoms with E-state index in [0.29, 0.717) is 6.42 Å². The summed E-state index contributed by atoms with van der Waals surface area (Å²) in [5.41, 5.74) is 1.71. The summed E-state index contributed by atoms with van der Waals surface area (Å²) in [6.45, 7) is 7.52. The predicted molar refractivity (Wildman–Crippen MR) is 150 cm³/mol. The highest BCUT2D eigenvalue weighted by Crippen LogP contribution is 2.31. The molecule has 0 unspecified atom stereocenters. The maximum atomic E-state index is 14.0. The molecule has 1 aromatic rings. The van der Waals surface area contributed by atoms with Gasteiger partial charge in [-0.05, 0) is 56.2 Å². The van der Waals surface area contributed by atoms with E-state index in [0.717, 1.165) is 24.8 Å². The first-order chi connectivity index (χ1) is 18.5. The molecule has 212 valence electrons. The third-order valence-electron chi connectivity index (χ3n) is 7.66. The summed E-state index contributed by atoms with van der Waals surface area (Å²) in [5.74, 6) is 1.35. The van der Waals surface area contributed by atoms with Crippen LogP contribution in [0.2, 0.25) is 0 Å². The summed E-state index contributed by atoms with van der Waals surface area (Å²) in [7, 11) is 1.68. The summed E-state index contributed by atoms with van der Waals surface area (Å²) in [5, 5.41) is 11.9. The molecular formula is C30H43N5O4. The Bertz CT molecular complexity index is 1110. The van der Waals surface area contributed by atoms with E-state index in [1.165, 1.54) is 10.5 Å². The summed E-state index contributed by atoms with van der Waals surface area (Å²) in [4.78, 5) is 54.5. The Morgan fingerprint density at radius 3 is 2.54 bits per heavy atom. The Labute approximate surface area is 232 Å². The smallest absolute Gasteiger partial charge is 0.246 e. The van der Waals surface area contributed by atoms with E-state index >= 15 is 0 Å². The number of hydrogen-bond acceptors (Lipinski definition) is 5. The largest absolute Gasteiger partial charge is 0.351 e. The summed E-state index contributed by atoms with van der Waals surface area (Å²) < 4.78 is 0. The number of carbonyl (C=O) groups excluding carboxylic acids is 4. The lowest BCUT2D eigenvalue weighted by atomic mass is 9.85. The van der Waals surface area contributed by atoms with Crippen molar-refractivity contribution in [2.75, 3.05) is 13.6 Å². The van der Waals surface area contributed by atoms with Crippen molar-refractivity contribution in [2.45, 2.75) is 96.4 Å². The predicted octanol–water partition coefficient (Wildman–Crippen LogP) is 1.82. The van der Waals surface area contributed by atoms with Crippen LogP contribution in [0.15, 0.2) is 24.3 Å². The van der Waals surface area contributed by atoms with E-state index in [-0.39, 0.29) is 49.1 Å². The molecule has 1 aromatic carbocycles. The normalized spacial score (nSPS) is 22.2. The molecule has 5 atom stereocenters. The monoisotopic (exact) mass is 537 g/mol. The van der Waals surface area contributed by atoms with Crippen LogP contribution in [-0.4, -0.2) is 66.3 Å². The van der Waals surface area contributed by atoms with Crippen molar-refractivity contribution in [3.8, 4) is 12.3 Å². The molecule has 3 rings (SSSR count). The van der Waals surface area contributed by atoms with Gasteiger partial charge in [0.05, 0.1) is 12.1 Å². The Morgan fingerprint density at radius 2 is 1.87 bits per heavy atom. The number of amides is 4. The van der Waals surface area contributed by atoms with Crippen LogP contribution in [0.25, 0.3) is 0 Å². The zero-order valence-corrected chi connectivity index (χ0v) is 23.8. The molecule has 1 saturated heterocycles. The van der Waals surface area contributed by atoms with Crippen LogP contribution < -0.4 is 21.3 Å². The first kappa shape index (κ1) is 30.2. The Hall–Kier alpha value is -3.38. The third-order valence-corrected chi connectivity index (χ3v) is 7.66. The molecule has 0 aromatic heterocycles. The van der Waals surface area contributed by atoms with Crippen LogP contribution in [0.3, 0.4) is 0 Å². The third kappa shape index (κ3) is 7.60. The fraction of sp³-hybridized carbons (Fsp3) is 0.600. The van der Waals surface area contributed by atoms with Gasteiger partial charge >= 0.3 is 0 Å². The zero-order chi connectivity index (χ0) is 28.7. The minimum Gasteiger partial charge on any atom is -0.351 e. The van der Waals surface area contributed by atoms with E-state index in [9.17, 15) is 19.2 Å². The number of likely N-dealkylation sites (N-methyl/N-ethyl adjacent to an activating group) is 1. The van der Waals surface area contributed by atoms with Gasteiger partial charge in [-0.2, -0.15) is 0 Å². The summed E-state index contributed by atoms with van der Waals surface area (Å²) in [6.07, 6.45) is 8.83. The molecule has 1 heterocycles. The maximum absolute atomic E-state index is 14.0. The second-order valence-corrected chi connectivity index (χ2v) is 11.7. The van der Waals surface area contributed by atoms with Gasteiger partial charge in [0.25, 0.3) is 0 Å². The number of carbonyl (C=O) groups is 4. The number of nitrogens with zero attached hydrogens (tertiary/aromatic N) is 1. The van der Waals surface area contributed by atoms with Gasteiger partial charge in [-0.1, -0.05) is 45.0 Å². The molecule has 9 heteroatoms. The topological polar surface area (TPSA) is 120 Å². The standard InChI is InChI=1S/C30H43N5O4/c1-7-8-16-25(36)32-21-17-24(28(38)33-23-15-11-13-20-12-9-10-14-22(20)23)35(18-21)29(39)26(30(3,4)5)34-27(37)19(2)31-6/h1,9-10,12,14,19,21,23-24,26,31H,8,11,13,15-18H2,2-6H3,(H,32,36)(H,33,38)(H,34,37)/t19-,21-,23+,24-,26+/m0/s1. The molecule has 1 aliphatic heterocycles. The SMILES string of the molecule is C#CCCC(=O)N[C@H]1C[C@@H](C(=O)N[C@@H]2CCCc3ccccc32)N(C(=O)[C@@H](NC(=O)[C@H](C)NC)C(C)(C)C)C1. The number of aryl methyl sites for hydroxylation is 1. The average Bonchev–Trinajstić information content (AvgIpc) is 3.32. The van der Waals surface area contributed by atoms with Gasteiger partial charge in [-0.25, -0.2) is 0 Å². The molecule has 1 aliphatic carbocycles. The second kappa shape index (κ2) is 13.1. The van der Waals surface area contributed by atoms with Crippen molar-refractivity contribution >= 4 is 23.6 Å². The molecule has 4 amide bonds. The van der Waals surface area contributed by atoms with Crippen LogP contribution in [0.1, 0.15) is 77.0 Å². The van der Waals surface area contributed by atoms with E-state index in [4.69, 9.17) is 6.42 Å². The van der Waals surface area contributed by atoms with Gasteiger partial charge in [0.1, 0.15) is 12.1 Å². The van der Waals surface area contributed by atoms with Gasteiger partial charge in [-0.3, -0.25) is 19.2 Å². The van der Waals surface area contributed by atoms with Crippen LogP contribution in [0.5, 0.6) is 0 Å². The van der Waals surface area contributed by atoms with Crippen molar-refractivity contribution in [3.63, 3.8) is 0 Å². The van der Waals surface area contributed by atoms with Crippen LogP contribution in [-0.2, 0) is 25.6 Å². The Kier molecular flexibility index (Phi) is 10.1. The van der Waals surface area contributed by atoms with E-state index in [1.807, 2.05) is 39.0 Å². The van der Waals surface area contributed by atoms with Gasteiger partial charge in [0.15, 0.2) is 0 Å². The van der Waals surface area contributed by atoms with Crippen LogP contribution in [0.4, 0.5) is 0 Å². The fourth-order valence-corrected chi connectivity index (χ4v) is 5.30. The number of hydrogen-bond donors (Lipinski definition) is 4. The number of rotatable bonds is 9. The highest BCUT2D eigenvalue weighted by molar-refractivity contribution is 5.94. The molecule has 4 N–H and O–H groups in total. The first-order valence-corrected chi connectivity index (χ1v) is 13.8. The number of fused-ring (bicyclic) bond motifs is 1. The number of nitrogens with one attached hydrogen (secondary N) is 4. The van der Waals surface area contributed by atoms with Gasteiger partial charge in [0.2, 0.25) is 23.6 Å². The van der Waals surface area contributed by atoms with E-state index < -0.39 is 29.6 Å². The van der Waals surface area contributed by atoms with Crippen LogP contribution >= 0.6 is 0 Å². The number of benzene rings is 1. The Morgan fingerprint density at radius 1 is 1.15 bits per heavy atom. The van der Waals surface area contributed by atoms with Crippen molar-refractivity contribution in [1.29, 1.82) is 0 Å². The van der Waals surface area contributed by atoms with E-state index in [2.05, 4.69) is 33.3 Å². The van der Waals surface area contributed by atoms with Crippen molar-refractivity contribution in [2.24, 2.45) is 5.41 Å². The van der Waals surface area contributed by atoms with Crippen molar-refractivity contribution in [3.05, 3.63) is 35.4 Å². The molecule has 39 heavy (non-hydrogen) atoms. The van der Waals surface area contributed by atoms with Gasteiger partial charge in [-0.15, -0.1) is 12.3 Å². The highest BCUT2D eigenvalue weighted by atomic mass is 16.2. The molecule has 1 fully saturated rings. The molecule has 0 radical (unpaired) electrons. The quantitative estimate of drug-likeness (QED) is 0.358. The lowest BCUT2D eigenvalue weighted by Gasteiger charge is -2.36. The Balaban J connectivity index is 1.85. The fourth-order valence-electron chi connectivity index (χ4n) is 5.30. The summed E-state index contributed by atoms with van der Waals surface area (Å²) >= 11 is 0. The highest BCUT2D eigenvalue weighted by Gasteiger charge is 2.45. The van der Waals surface area contributed by atoms with Gasteiger partial charge in [0, 0.05) is 25.4 Å². The average molecular weight is 538 g/mol. The molecule has 0 bridgehead atoms. The second-order valence-electron chi connectivity index (χ2n) is 11.7. The number of likely N-dealkylation sites (tertiary alicyclic amines) is 1. The lowest BCUT2D eigenvalue weighted by molar-refractivity contribution is -0.144. The van der Waals surface area contributed by atoms with Crippen molar-refractivity contribution < 1.29 is 19.2 Å². The van der Waals surface area contributed by atoms with Crippen molar-refractivity contribution in [1.82, 2.24) is 26.2 Å². The zero-order valence-electron chi connectivity index (χ0n) is 23.8. The minimum absolute atomic E-state index is 0.140. The van der Waals surface area contributed by atoms with Crippen LogP contribution in [0, 0.1) is 17.8 Å². The molecular weight excluding hydrogens is 494 g/mol. The lowest BCUT2D eigenvalue weighted by Crippen LogP contribution is -2.59. The first-order valence-electron chi connectivity index (χ1n) is 13.8. The van der Waals surface area contributed by atoms with Gasteiger partial charge < -0.3 is 26.2 Å². The molecule has 2 aliphatic rings. The molecule has 9 nitrogen and oxygen atoms in total. The van der Waals surface area contributed by atoms with E-state index in [1.54, 1.807) is 14.0 Å². The maximum Gasteiger partial charge on any atom is 0.246 e. The minimum atomic E-state index is -0.859. The molecule has 0 saturated carbocycles.